The van der Waals surface area contributed by atoms with Crippen molar-refractivity contribution < 1.29 is 22.4 Å². The van der Waals surface area contributed by atoms with Gasteiger partial charge in [0.15, 0.2) is 0 Å². The summed E-state index contributed by atoms with van der Waals surface area (Å²) in [6.45, 7) is 1.56. The third-order valence-corrected chi connectivity index (χ3v) is 1.83. The van der Waals surface area contributed by atoms with E-state index in [1.54, 1.807) is 6.92 Å². The molecule has 1 rings (SSSR count). The SMILES string of the molecule is Cc1ccc(F)cc1NC(=O)CC(F)(F)F. The third kappa shape index (κ3) is 3.88. The van der Waals surface area contributed by atoms with E-state index in [4.69, 9.17) is 0 Å². The van der Waals surface area contributed by atoms with Crippen molar-refractivity contribution in [3.05, 3.63) is 29.6 Å². The molecule has 1 N–H and O–H groups in total. The van der Waals surface area contributed by atoms with Crippen LogP contribution in [0, 0.1) is 12.7 Å². The van der Waals surface area contributed by atoms with E-state index < -0.39 is 24.3 Å². The van der Waals surface area contributed by atoms with Crippen LogP contribution in [0.3, 0.4) is 0 Å². The summed E-state index contributed by atoms with van der Waals surface area (Å²) in [6.07, 6.45) is -6.14. The van der Waals surface area contributed by atoms with Gasteiger partial charge in [-0.15, -0.1) is 0 Å². The number of nitrogens with one attached hydrogen (secondary N) is 1. The first kappa shape index (κ1) is 12.5. The van der Waals surface area contributed by atoms with Crippen molar-refractivity contribution in [2.24, 2.45) is 0 Å². The lowest BCUT2D eigenvalue weighted by molar-refractivity contribution is -0.150. The molecule has 0 unspecified atom stereocenters. The maximum atomic E-state index is 12.8. The van der Waals surface area contributed by atoms with Gasteiger partial charge < -0.3 is 5.32 Å². The van der Waals surface area contributed by atoms with Crippen molar-refractivity contribution in [2.45, 2.75) is 19.5 Å². The first-order valence-corrected chi connectivity index (χ1v) is 4.41. The maximum Gasteiger partial charge on any atom is 0.397 e. The molecule has 6 heteroatoms. The molecule has 0 radical (unpaired) electrons. The number of hydrogen-bond acceptors (Lipinski definition) is 1. The van der Waals surface area contributed by atoms with E-state index in [9.17, 15) is 22.4 Å². The molecule has 0 bridgehead atoms. The molecule has 0 aliphatic carbocycles. The summed E-state index contributed by atoms with van der Waals surface area (Å²) in [6, 6.07) is 3.51. The second kappa shape index (κ2) is 4.51. The van der Waals surface area contributed by atoms with Crippen LogP contribution in [0.15, 0.2) is 18.2 Å². The fourth-order valence-electron chi connectivity index (χ4n) is 1.11. The lowest BCUT2D eigenvalue weighted by atomic mass is 10.2. The highest BCUT2D eigenvalue weighted by Gasteiger charge is 2.31. The molecule has 0 saturated carbocycles. The Morgan fingerprint density at radius 1 is 1.38 bits per heavy atom. The lowest BCUT2D eigenvalue weighted by Crippen LogP contribution is -2.21. The molecule has 0 atom stereocenters. The van der Waals surface area contributed by atoms with Gasteiger partial charge in [0.1, 0.15) is 12.2 Å². The average molecular weight is 235 g/mol. The Balaban J connectivity index is 2.73. The summed E-state index contributed by atoms with van der Waals surface area (Å²) in [5, 5.41) is 2.01. The van der Waals surface area contributed by atoms with Crippen LogP contribution in [0.1, 0.15) is 12.0 Å². The quantitative estimate of drug-likeness (QED) is 0.784. The number of carbonyl (C=O) groups is 1. The molecule has 0 aliphatic heterocycles. The molecule has 0 aliphatic rings. The van der Waals surface area contributed by atoms with E-state index >= 15 is 0 Å². The molecule has 0 saturated heterocycles. The van der Waals surface area contributed by atoms with Gasteiger partial charge in [0.2, 0.25) is 5.91 Å². The second-order valence-electron chi connectivity index (χ2n) is 3.30. The summed E-state index contributed by atoms with van der Waals surface area (Å²) in [5.41, 5.74) is 0.547. The Bertz CT molecular complexity index is 400. The minimum absolute atomic E-state index is 0.0502. The average Bonchev–Trinajstić information content (AvgIpc) is 2.08. The van der Waals surface area contributed by atoms with E-state index in [0.29, 0.717) is 5.56 Å². The van der Waals surface area contributed by atoms with Crippen LogP contribution >= 0.6 is 0 Å². The Kier molecular flexibility index (Phi) is 3.51. The van der Waals surface area contributed by atoms with Crippen LogP contribution in [0.25, 0.3) is 0 Å². The van der Waals surface area contributed by atoms with Crippen LogP contribution < -0.4 is 5.32 Å². The van der Waals surface area contributed by atoms with Gasteiger partial charge in [0.05, 0.1) is 0 Å². The number of aryl methyl sites for hydroxylation is 1. The molecule has 1 aromatic carbocycles. The van der Waals surface area contributed by atoms with Crippen LogP contribution in [0.2, 0.25) is 0 Å². The number of anilines is 1. The highest BCUT2D eigenvalue weighted by Crippen LogP contribution is 2.21. The minimum atomic E-state index is -4.56. The predicted octanol–water partition coefficient (Wildman–Crippen LogP) is 3.03. The molecule has 2 nitrogen and oxygen atoms in total. The van der Waals surface area contributed by atoms with Crippen molar-refractivity contribution in [3.63, 3.8) is 0 Å². The molecule has 1 amide bonds. The molecule has 0 fully saturated rings. The number of rotatable bonds is 2. The summed E-state index contributed by atoms with van der Waals surface area (Å²) in [4.78, 5) is 10.9. The number of hydrogen-bond donors (Lipinski definition) is 1. The predicted molar refractivity (Wildman–Crippen MR) is 50.4 cm³/mol. The highest BCUT2D eigenvalue weighted by molar-refractivity contribution is 5.91. The fourth-order valence-corrected chi connectivity index (χ4v) is 1.11. The fraction of sp³-hybridized carbons (Fsp3) is 0.300. The highest BCUT2D eigenvalue weighted by atomic mass is 19.4. The van der Waals surface area contributed by atoms with Gasteiger partial charge in [0, 0.05) is 5.69 Å². The van der Waals surface area contributed by atoms with Crippen LogP contribution in [-0.2, 0) is 4.79 Å². The van der Waals surface area contributed by atoms with E-state index in [2.05, 4.69) is 0 Å². The Hall–Kier alpha value is -1.59. The van der Waals surface area contributed by atoms with Gasteiger partial charge >= 0.3 is 6.18 Å². The third-order valence-electron chi connectivity index (χ3n) is 1.83. The zero-order valence-corrected chi connectivity index (χ0v) is 8.36. The van der Waals surface area contributed by atoms with Gasteiger partial charge in [-0.05, 0) is 24.6 Å². The number of amides is 1. The Labute approximate surface area is 89.3 Å². The lowest BCUT2D eigenvalue weighted by Gasteiger charge is -2.09. The second-order valence-corrected chi connectivity index (χ2v) is 3.30. The maximum absolute atomic E-state index is 12.8. The molecule has 0 spiro atoms. The van der Waals surface area contributed by atoms with Crippen LogP contribution in [-0.4, -0.2) is 12.1 Å². The van der Waals surface area contributed by atoms with Gasteiger partial charge in [-0.25, -0.2) is 4.39 Å². The van der Waals surface area contributed by atoms with E-state index in [1.165, 1.54) is 6.07 Å². The van der Waals surface area contributed by atoms with Gasteiger partial charge in [-0.1, -0.05) is 6.07 Å². The summed E-state index contributed by atoms with van der Waals surface area (Å²) < 4.78 is 48.3. The van der Waals surface area contributed by atoms with Gasteiger partial charge in [-0.2, -0.15) is 13.2 Å². The molecule has 1 aromatic rings. The van der Waals surface area contributed by atoms with Crippen molar-refractivity contribution >= 4 is 11.6 Å². The molecular weight excluding hydrogens is 226 g/mol. The monoisotopic (exact) mass is 235 g/mol. The normalized spacial score (nSPS) is 11.3. The van der Waals surface area contributed by atoms with E-state index in [0.717, 1.165) is 12.1 Å². The molecule has 16 heavy (non-hydrogen) atoms. The van der Waals surface area contributed by atoms with Crippen molar-refractivity contribution in [3.8, 4) is 0 Å². The van der Waals surface area contributed by atoms with Crippen molar-refractivity contribution in [2.75, 3.05) is 5.32 Å². The van der Waals surface area contributed by atoms with Crippen LogP contribution in [0.4, 0.5) is 23.2 Å². The summed E-state index contributed by atoms with van der Waals surface area (Å²) >= 11 is 0. The number of benzene rings is 1. The Morgan fingerprint density at radius 2 is 2.00 bits per heavy atom. The largest absolute Gasteiger partial charge is 0.397 e. The molecule has 0 heterocycles. The smallest absolute Gasteiger partial charge is 0.325 e. The van der Waals surface area contributed by atoms with Gasteiger partial charge in [-0.3, -0.25) is 4.79 Å². The van der Waals surface area contributed by atoms with Crippen LogP contribution in [0.5, 0.6) is 0 Å². The Morgan fingerprint density at radius 3 is 2.56 bits per heavy atom. The molecule has 0 aromatic heterocycles. The van der Waals surface area contributed by atoms with Crippen molar-refractivity contribution in [1.29, 1.82) is 0 Å². The zero-order valence-electron chi connectivity index (χ0n) is 8.36. The van der Waals surface area contributed by atoms with E-state index in [1.807, 2.05) is 5.32 Å². The molecule has 88 valence electrons. The number of carbonyl (C=O) groups excluding carboxylic acids is 1. The van der Waals surface area contributed by atoms with Crippen molar-refractivity contribution in [1.82, 2.24) is 0 Å². The van der Waals surface area contributed by atoms with E-state index in [-0.39, 0.29) is 5.69 Å². The first-order chi connectivity index (χ1) is 7.28. The number of alkyl halides is 3. The minimum Gasteiger partial charge on any atom is -0.325 e. The number of halogens is 4. The summed E-state index contributed by atoms with van der Waals surface area (Å²) in [5.74, 6) is -1.82. The first-order valence-electron chi connectivity index (χ1n) is 4.41. The van der Waals surface area contributed by atoms with Gasteiger partial charge in [0.25, 0.3) is 0 Å². The zero-order chi connectivity index (χ0) is 12.3. The summed E-state index contributed by atoms with van der Waals surface area (Å²) in [7, 11) is 0. The topological polar surface area (TPSA) is 29.1 Å². The standard InChI is InChI=1S/C10H9F4NO/c1-6-2-3-7(11)4-8(6)15-9(16)5-10(12,13)14/h2-4H,5H2,1H3,(H,15,16). The molecular formula is C10H9F4NO.